The van der Waals surface area contributed by atoms with Crippen LogP contribution in [0, 0.1) is 5.41 Å². The van der Waals surface area contributed by atoms with Crippen molar-refractivity contribution in [3.8, 4) is 0 Å². The van der Waals surface area contributed by atoms with E-state index < -0.39 is 0 Å². The summed E-state index contributed by atoms with van der Waals surface area (Å²) in [4.78, 5) is 7.53. The molecule has 2 nitrogen and oxygen atoms in total. The number of hydrogen-bond acceptors (Lipinski definition) is 1. The van der Waals surface area contributed by atoms with Gasteiger partial charge in [0.25, 0.3) is 0 Å². The second-order valence-electron chi connectivity index (χ2n) is 3.51. The van der Waals surface area contributed by atoms with Crippen molar-refractivity contribution in [1.29, 1.82) is 0 Å². The van der Waals surface area contributed by atoms with Crippen LogP contribution in [0.2, 0.25) is 0 Å². The van der Waals surface area contributed by atoms with Crippen molar-refractivity contribution in [1.82, 2.24) is 0 Å². The first kappa shape index (κ1) is 9.34. The van der Waals surface area contributed by atoms with Gasteiger partial charge in [-0.3, -0.25) is 9.98 Å². The zero-order valence-corrected chi connectivity index (χ0v) is 7.09. The van der Waals surface area contributed by atoms with Gasteiger partial charge in [0.2, 0.25) is 0 Å². The van der Waals surface area contributed by atoms with Crippen molar-refractivity contribution in [2.24, 2.45) is 15.4 Å². The molecule has 0 N–H and O–H groups in total. The molecule has 0 radical (unpaired) electrons. The summed E-state index contributed by atoms with van der Waals surface area (Å²) < 4.78 is 0. The summed E-state index contributed by atoms with van der Waals surface area (Å²) >= 11 is 0. The molecule has 0 bridgehead atoms. The SMILES string of the molecule is C=N/C=N\CCC(C)(C)C. The summed E-state index contributed by atoms with van der Waals surface area (Å²) in [5.74, 6) is 0. The lowest BCUT2D eigenvalue weighted by Gasteiger charge is -2.15. The van der Waals surface area contributed by atoms with Gasteiger partial charge in [-0.1, -0.05) is 20.8 Å². The minimum atomic E-state index is 0.374. The number of aliphatic imine (C=N–C) groups is 2. The maximum absolute atomic E-state index is 4.02. The van der Waals surface area contributed by atoms with Crippen LogP contribution in [0.3, 0.4) is 0 Å². The fourth-order valence-corrected chi connectivity index (χ4v) is 0.515. The predicted molar refractivity (Wildman–Crippen MR) is 47.0 cm³/mol. The molecule has 0 aliphatic carbocycles. The summed E-state index contributed by atoms with van der Waals surface area (Å²) in [5, 5.41) is 0. The van der Waals surface area contributed by atoms with Crippen LogP contribution < -0.4 is 0 Å². The van der Waals surface area contributed by atoms with Gasteiger partial charge in [0.1, 0.15) is 6.34 Å². The Morgan fingerprint density at radius 1 is 1.40 bits per heavy atom. The molecule has 0 aliphatic heterocycles. The minimum absolute atomic E-state index is 0.374. The van der Waals surface area contributed by atoms with Crippen LogP contribution in [-0.4, -0.2) is 19.6 Å². The Hall–Kier alpha value is -0.660. The molecule has 10 heavy (non-hydrogen) atoms. The van der Waals surface area contributed by atoms with Gasteiger partial charge < -0.3 is 0 Å². The molecule has 0 aromatic heterocycles. The third kappa shape index (κ3) is 7.34. The molecule has 0 heterocycles. The normalized spacial score (nSPS) is 12.3. The molecular formula is C8H16N2. The minimum Gasteiger partial charge on any atom is -0.274 e. The average molecular weight is 140 g/mol. The molecule has 0 spiro atoms. The molecule has 0 aromatic rings. The summed E-state index contributed by atoms with van der Waals surface area (Å²) in [5.41, 5.74) is 0.374. The first-order valence-electron chi connectivity index (χ1n) is 3.50. The van der Waals surface area contributed by atoms with Crippen molar-refractivity contribution in [3.63, 3.8) is 0 Å². The van der Waals surface area contributed by atoms with Gasteiger partial charge in [-0.15, -0.1) is 0 Å². The quantitative estimate of drug-likeness (QED) is 0.424. The maximum atomic E-state index is 4.02. The first-order chi connectivity index (χ1) is 4.56. The van der Waals surface area contributed by atoms with Crippen LogP contribution >= 0.6 is 0 Å². The first-order valence-corrected chi connectivity index (χ1v) is 3.50. The molecule has 0 saturated carbocycles. The van der Waals surface area contributed by atoms with E-state index in [1.165, 1.54) is 6.34 Å². The highest BCUT2D eigenvalue weighted by molar-refractivity contribution is 5.61. The lowest BCUT2D eigenvalue weighted by Crippen LogP contribution is -2.06. The fourth-order valence-electron chi connectivity index (χ4n) is 0.515. The third-order valence-corrected chi connectivity index (χ3v) is 1.15. The van der Waals surface area contributed by atoms with Crippen LogP contribution in [0.15, 0.2) is 9.98 Å². The smallest absolute Gasteiger partial charge is 0.109 e. The Morgan fingerprint density at radius 3 is 2.40 bits per heavy atom. The van der Waals surface area contributed by atoms with Gasteiger partial charge >= 0.3 is 0 Å². The molecule has 0 aliphatic rings. The van der Waals surface area contributed by atoms with E-state index in [0.717, 1.165) is 13.0 Å². The van der Waals surface area contributed by atoms with Crippen LogP contribution in [0.1, 0.15) is 27.2 Å². The highest BCUT2D eigenvalue weighted by Crippen LogP contribution is 2.17. The molecule has 0 saturated heterocycles. The fraction of sp³-hybridized carbons (Fsp3) is 0.750. The lowest BCUT2D eigenvalue weighted by molar-refractivity contribution is 0.385. The zero-order valence-electron chi connectivity index (χ0n) is 7.09. The van der Waals surface area contributed by atoms with Gasteiger partial charge in [-0.2, -0.15) is 0 Å². The molecule has 0 unspecified atom stereocenters. The molecule has 0 atom stereocenters. The van der Waals surface area contributed by atoms with Crippen molar-refractivity contribution in [2.45, 2.75) is 27.2 Å². The Kier molecular flexibility index (Phi) is 3.93. The van der Waals surface area contributed by atoms with E-state index in [4.69, 9.17) is 0 Å². The van der Waals surface area contributed by atoms with E-state index in [2.05, 4.69) is 37.5 Å². The molecular weight excluding hydrogens is 124 g/mol. The highest BCUT2D eigenvalue weighted by Gasteiger charge is 2.07. The average Bonchev–Trinajstić information content (AvgIpc) is 1.78. The van der Waals surface area contributed by atoms with E-state index in [0.29, 0.717) is 5.41 Å². The summed E-state index contributed by atoms with van der Waals surface area (Å²) in [6.07, 6.45) is 2.60. The van der Waals surface area contributed by atoms with E-state index >= 15 is 0 Å². The van der Waals surface area contributed by atoms with Crippen molar-refractivity contribution in [3.05, 3.63) is 0 Å². The van der Waals surface area contributed by atoms with Gasteiger partial charge in [0, 0.05) is 6.54 Å². The largest absolute Gasteiger partial charge is 0.274 e. The Bertz CT molecular complexity index is 120. The Balaban J connectivity index is 3.37. The molecule has 58 valence electrons. The topological polar surface area (TPSA) is 24.7 Å². The summed E-state index contributed by atoms with van der Waals surface area (Å²) in [6.45, 7) is 10.7. The monoisotopic (exact) mass is 140 g/mol. The van der Waals surface area contributed by atoms with Crippen molar-refractivity contribution >= 4 is 13.1 Å². The van der Waals surface area contributed by atoms with Gasteiger partial charge in [-0.05, 0) is 18.6 Å². The summed E-state index contributed by atoms with van der Waals surface area (Å²) in [7, 11) is 0. The van der Waals surface area contributed by atoms with Gasteiger partial charge in [0.15, 0.2) is 0 Å². The third-order valence-electron chi connectivity index (χ3n) is 1.15. The van der Waals surface area contributed by atoms with E-state index in [1.807, 2.05) is 0 Å². The summed E-state index contributed by atoms with van der Waals surface area (Å²) in [6, 6.07) is 0. The van der Waals surface area contributed by atoms with Gasteiger partial charge in [-0.25, -0.2) is 0 Å². The molecule has 0 aromatic carbocycles. The molecule has 0 rings (SSSR count). The predicted octanol–water partition coefficient (Wildman–Crippen LogP) is 2.15. The van der Waals surface area contributed by atoms with Crippen LogP contribution in [-0.2, 0) is 0 Å². The second kappa shape index (κ2) is 4.20. The van der Waals surface area contributed by atoms with Gasteiger partial charge in [0.05, 0.1) is 0 Å². The van der Waals surface area contributed by atoms with Crippen LogP contribution in [0.25, 0.3) is 0 Å². The molecule has 2 heteroatoms. The Labute approximate surface area is 63.1 Å². The highest BCUT2D eigenvalue weighted by atomic mass is 14.8. The van der Waals surface area contributed by atoms with Crippen molar-refractivity contribution in [2.75, 3.05) is 6.54 Å². The molecule has 0 fully saturated rings. The van der Waals surface area contributed by atoms with Crippen molar-refractivity contribution < 1.29 is 0 Å². The second-order valence-corrected chi connectivity index (χ2v) is 3.51. The molecule has 0 amide bonds. The maximum Gasteiger partial charge on any atom is 0.109 e. The standard InChI is InChI=1S/C8H16N2/c1-8(2,3)5-6-10-7-9-4/h7H,4-6H2,1-3H3/b10-7-. The van der Waals surface area contributed by atoms with E-state index in [9.17, 15) is 0 Å². The van der Waals surface area contributed by atoms with Crippen LogP contribution in [0.5, 0.6) is 0 Å². The zero-order chi connectivity index (χ0) is 8.04. The van der Waals surface area contributed by atoms with E-state index in [-0.39, 0.29) is 0 Å². The number of hydrogen-bond donors (Lipinski definition) is 0. The van der Waals surface area contributed by atoms with E-state index in [1.54, 1.807) is 0 Å². The lowest BCUT2D eigenvalue weighted by atomic mass is 9.93. The Morgan fingerprint density at radius 2 is 2.00 bits per heavy atom. The van der Waals surface area contributed by atoms with Crippen LogP contribution in [0.4, 0.5) is 0 Å². The number of rotatable bonds is 3. The number of nitrogens with zero attached hydrogens (tertiary/aromatic N) is 2.